The highest BCUT2D eigenvalue weighted by atomic mass is 35.5. The van der Waals surface area contributed by atoms with Crippen LogP contribution in [0.3, 0.4) is 0 Å². The van der Waals surface area contributed by atoms with E-state index in [0.29, 0.717) is 0 Å². The highest BCUT2D eigenvalue weighted by Gasteiger charge is 2.62. The third kappa shape index (κ3) is 4.48. The average molecular weight is 432 g/mol. The van der Waals surface area contributed by atoms with Crippen LogP contribution in [0.25, 0.3) is 0 Å². The van der Waals surface area contributed by atoms with E-state index in [-0.39, 0.29) is 15.8 Å². The van der Waals surface area contributed by atoms with Gasteiger partial charge in [-0.1, -0.05) is 23.2 Å². The van der Waals surface area contributed by atoms with Gasteiger partial charge in [0.2, 0.25) is 11.7 Å². The summed E-state index contributed by atoms with van der Waals surface area (Å²) < 4.78 is 71.0. The summed E-state index contributed by atoms with van der Waals surface area (Å²) in [6.07, 6.45) is -6.96. The number of carbonyl (C=O) groups is 1. The third-order valence-electron chi connectivity index (χ3n) is 3.03. The van der Waals surface area contributed by atoms with Crippen molar-refractivity contribution >= 4 is 29.1 Å². The molecule has 0 fully saturated rings. The number of halogens is 7. The van der Waals surface area contributed by atoms with Crippen LogP contribution in [0.1, 0.15) is 11.5 Å². The number of amides is 1. The lowest BCUT2D eigenvalue weighted by Crippen LogP contribution is -2.37. The fraction of sp³-hybridized carbons (Fsp3) is 0.214. The van der Waals surface area contributed by atoms with Gasteiger partial charge < -0.3 is 15.5 Å². The van der Waals surface area contributed by atoms with Gasteiger partial charge >= 0.3 is 12.1 Å². The molecule has 6 nitrogen and oxygen atoms in total. The Labute approximate surface area is 157 Å². The molecule has 0 aliphatic carbocycles. The monoisotopic (exact) mass is 431 g/mol. The van der Waals surface area contributed by atoms with Gasteiger partial charge in [-0.2, -0.15) is 22.0 Å². The molecule has 1 amide bonds. The summed E-state index contributed by atoms with van der Waals surface area (Å²) in [7, 11) is 0. The van der Waals surface area contributed by atoms with Crippen molar-refractivity contribution in [2.45, 2.75) is 18.5 Å². The van der Waals surface area contributed by atoms with E-state index in [2.05, 4.69) is 4.98 Å². The normalized spacial score (nSPS) is 12.1. The Morgan fingerprint density at radius 2 is 1.81 bits per heavy atom. The first-order valence-corrected chi connectivity index (χ1v) is 7.58. The van der Waals surface area contributed by atoms with Crippen molar-refractivity contribution in [3.63, 3.8) is 0 Å². The first kappa shape index (κ1) is 20.9. The van der Waals surface area contributed by atoms with Crippen molar-refractivity contribution in [2.75, 3.05) is 0 Å². The molecule has 1 heterocycles. The van der Waals surface area contributed by atoms with E-state index < -0.39 is 47.3 Å². The van der Waals surface area contributed by atoms with E-state index in [1.54, 1.807) is 0 Å². The number of aromatic nitrogens is 2. The van der Waals surface area contributed by atoms with Crippen LogP contribution in [0, 0.1) is 0 Å². The van der Waals surface area contributed by atoms with Crippen molar-refractivity contribution in [3.8, 4) is 11.5 Å². The molecule has 146 valence electrons. The van der Waals surface area contributed by atoms with Gasteiger partial charge in [0.05, 0.1) is 16.5 Å². The van der Waals surface area contributed by atoms with E-state index in [1.165, 1.54) is 6.07 Å². The zero-order valence-corrected chi connectivity index (χ0v) is 14.3. The minimum atomic E-state index is -6.09. The molecular formula is C14H8Cl2F5N3O3. The lowest BCUT2D eigenvalue weighted by atomic mass is 10.2. The summed E-state index contributed by atoms with van der Waals surface area (Å²) >= 11 is 11.4. The number of nitrogens with two attached hydrogens (primary N) is 1. The Kier molecular flexibility index (Phi) is 5.66. The van der Waals surface area contributed by atoms with Crippen LogP contribution in [0.4, 0.5) is 22.0 Å². The van der Waals surface area contributed by atoms with Crippen molar-refractivity contribution in [1.29, 1.82) is 0 Å². The standard InChI is InChI=1S/C14H8Cl2F5N3O3/c15-6-2-1-5(3-7(6)16)27-10-11(13(17,18)14(19,20)21)23-9(4-8(22)25)24-12(10)26/h1-3H,4H2,(H2,22,25)(H,23,24,26). The molecule has 0 unspecified atom stereocenters. The average Bonchev–Trinajstić information content (AvgIpc) is 2.51. The van der Waals surface area contributed by atoms with Crippen LogP contribution >= 0.6 is 23.2 Å². The second-order valence-electron chi connectivity index (χ2n) is 5.08. The van der Waals surface area contributed by atoms with Crippen molar-refractivity contribution in [2.24, 2.45) is 5.73 Å². The molecule has 0 saturated carbocycles. The first-order chi connectivity index (χ1) is 12.3. The summed E-state index contributed by atoms with van der Waals surface area (Å²) in [6, 6.07) is 3.25. The van der Waals surface area contributed by atoms with Gasteiger partial charge in [0, 0.05) is 6.07 Å². The number of nitrogens with zero attached hydrogens (tertiary/aromatic N) is 1. The molecule has 0 saturated heterocycles. The first-order valence-electron chi connectivity index (χ1n) is 6.82. The Bertz CT molecular complexity index is 947. The Balaban J connectivity index is 2.66. The maximum atomic E-state index is 13.9. The SMILES string of the molecule is NC(=O)Cc1nc(C(F)(F)C(F)(F)F)c(Oc2ccc(Cl)c(Cl)c2)c(=O)[nH]1. The zero-order chi connectivity index (χ0) is 20.6. The van der Waals surface area contributed by atoms with Crippen molar-refractivity contribution in [1.82, 2.24) is 9.97 Å². The van der Waals surface area contributed by atoms with Gasteiger partial charge in [-0.05, 0) is 12.1 Å². The number of aromatic amines is 1. The molecule has 27 heavy (non-hydrogen) atoms. The molecule has 3 N–H and O–H groups in total. The molecule has 1 aromatic heterocycles. The molecule has 1 aromatic carbocycles. The van der Waals surface area contributed by atoms with Gasteiger partial charge in [-0.25, -0.2) is 4.98 Å². The molecule has 0 bridgehead atoms. The number of ether oxygens (including phenoxy) is 1. The topological polar surface area (TPSA) is 98.1 Å². The van der Waals surface area contributed by atoms with E-state index in [0.717, 1.165) is 12.1 Å². The number of hydrogen-bond acceptors (Lipinski definition) is 4. The Morgan fingerprint density at radius 1 is 1.19 bits per heavy atom. The van der Waals surface area contributed by atoms with Crippen LogP contribution in [0.15, 0.2) is 23.0 Å². The lowest BCUT2D eigenvalue weighted by molar-refractivity contribution is -0.291. The largest absolute Gasteiger partial charge is 0.459 e. The number of alkyl halides is 5. The summed E-state index contributed by atoms with van der Waals surface area (Å²) in [5.74, 6) is -9.23. The van der Waals surface area contributed by atoms with Crippen LogP contribution in [-0.2, 0) is 17.1 Å². The summed E-state index contributed by atoms with van der Waals surface area (Å²) in [6.45, 7) is 0. The van der Waals surface area contributed by atoms with Gasteiger partial charge in [0.1, 0.15) is 11.6 Å². The van der Waals surface area contributed by atoms with E-state index in [4.69, 9.17) is 33.7 Å². The number of H-pyrrole nitrogens is 1. The molecule has 0 aliphatic heterocycles. The number of benzene rings is 1. The fourth-order valence-corrected chi connectivity index (χ4v) is 2.15. The van der Waals surface area contributed by atoms with E-state index >= 15 is 0 Å². The van der Waals surface area contributed by atoms with E-state index in [9.17, 15) is 31.5 Å². The summed E-state index contributed by atoms with van der Waals surface area (Å²) in [4.78, 5) is 27.8. The molecule has 0 spiro atoms. The van der Waals surface area contributed by atoms with Crippen LogP contribution < -0.4 is 16.0 Å². The predicted octanol–water partition coefficient (Wildman–Crippen LogP) is 3.55. The Hall–Kier alpha value is -2.40. The zero-order valence-electron chi connectivity index (χ0n) is 12.8. The molecular weight excluding hydrogens is 424 g/mol. The minimum Gasteiger partial charge on any atom is -0.449 e. The fourth-order valence-electron chi connectivity index (χ4n) is 1.86. The van der Waals surface area contributed by atoms with Gasteiger partial charge in [0.15, 0.2) is 5.69 Å². The lowest BCUT2D eigenvalue weighted by Gasteiger charge is -2.21. The second-order valence-corrected chi connectivity index (χ2v) is 5.90. The van der Waals surface area contributed by atoms with Gasteiger partial charge in [0.25, 0.3) is 5.56 Å². The molecule has 13 heteroatoms. The number of carbonyl (C=O) groups excluding carboxylic acids is 1. The number of nitrogens with one attached hydrogen (secondary N) is 1. The summed E-state index contributed by atoms with van der Waals surface area (Å²) in [5.41, 5.74) is 1.34. The maximum absolute atomic E-state index is 13.9. The second kappa shape index (κ2) is 7.31. The third-order valence-corrected chi connectivity index (χ3v) is 3.77. The summed E-state index contributed by atoms with van der Waals surface area (Å²) in [5, 5.41) is -0.0539. The maximum Gasteiger partial charge on any atom is 0.459 e. The van der Waals surface area contributed by atoms with Gasteiger partial charge in [-0.3, -0.25) is 9.59 Å². The highest BCUT2D eigenvalue weighted by molar-refractivity contribution is 6.42. The van der Waals surface area contributed by atoms with Crippen molar-refractivity contribution in [3.05, 3.63) is 50.1 Å². The number of rotatable bonds is 5. The predicted molar refractivity (Wildman–Crippen MR) is 84.2 cm³/mol. The van der Waals surface area contributed by atoms with Crippen LogP contribution in [0.2, 0.25) is 10.0 Å². The molecule has 2 rings (SSSR count). The molecule has 2 aromatic rings. The molecule has 0 atom stereocenters. The molecule has 0 aliphatic rings. The smallest absolute Gasteiger partial charge is 0.449 e. The van der Waals surface area contributed by atoms with E-state index in [1.807, 2.05) is 4.98 Å². The van der Waals surface area contributed by atoms with Crippen molar-refractivity contribution < 1.29 is 31.5 Å². The van der Waals surface area contributed by atoms with Gasteiger partial charge in [-0.15, -0.1) is 0 Å². The molecule has 0 radical (unpaired) electrons. The van der Waals surface area contributed by atoms with Crippen LogP contribution in [0.5, 0.6) is 11.5 Å². The van der Waals surface area contributed by atoms with Crippen LogP contribution in [-0.4, -0.2) is 22.1 Å². The number of primary amides is 1. The Morgan fingerprint density at radius 3 is 2.33 bits per heavy atom. The highest BCUT2D eigenvalue weighted by Crippen LogP contribution is 2.46. The number of hydrogen-bond donors (Lipinski definition) is 2. The minimum absolute atomic E-state index is 0.0497. The quantitative estimate of drug-likeness (QED) is 0.707.